The van der Waals surface area contributed by atoms with Crippen LogP contribution in [0.4, 0.5) is 0 Å². The Morgan fingerprint density at radius 2 is 0.871 bits per heavy atom. The topological polar surface area (TPSA) is 102 Å². The number of hydrogen-bond donors (Lipinski definition) is 0. The quantitative estimate of drug-likeness (QED) is 0.0197. The molecule has 360 valence electrons. The minimum atomic E-state index is -1.13. The number of carbonyl (C=O) groups excluding carboxylic acids is 3. The van der Waals surface area contributed by atoms with E-state index in [0.717, 1.165) is 64.2 Å². The number of unbranched alkanes of at least 4 members (excludes halogenated alkanes) is 26. The second kappa shape index (κ2) is 44.9. The summed E-state index contributed by atoms with van der Waals surface area (Å²) in [7, 11) is 5.41. The smallest absolute Gasteiger partial charge is 0.306 e. The zero-order chi connectivity index (χ0) is 45.6. The van der Waals surface area contributed by atoms with Crippen molar-refractivity contribution in [3.05, 3.63) is 48.6 Å². The fourth-order valence-corrected chi connectivity index (χ4v) is 7.48. The Hall–Kier alpha value is -2.71. The molecule has 8 nitrogen and oxygen atoms in total. The molecule has 0 saturated carbocycles. The van der Waals surface area contributed by atoms with Crippen LogP contribution in [-0.4, -0.2) is 75.5 Å². The number of carbonyl (C=O) groups is 3. The number of ether oxygens (including phenoxy) is 3. The van der Waals surface area contributed by atoms with Crippen LogP contribution in [0.15, 0.2) is 48.6 Å². The van der Waals surface area contributed by atoms with Crippen molar-refractivity contribution in [2.45, 2.75) is 238 Å². The van der Waals surface area contributed by atoms with Gasteiger partial charge in [0.15, 0.2) is 6.10 Å². The summed E-state index contributed by atoms with van der Waals surface area (Å²) in [5, 5.41) is 11.7. The maximum absolute atomic E-state index is 12.8. The lowest BCUT2D eigenvalue weighted by Gasteiger charge is -2.34. The summed E-state index contributed by atoms with van der Waals surface area (Å²) in [4.78, 5) is 37.0. The van der Waals surface area contributed by atoms with Gasteiger partial charge in [-0.05, 0) is 64.2 Å². The zero-order valence-corrected chi connectivity index (χ0v) is 41.0. The van der Waals surface area contributed by atoms with Gasteiger partial charge in [0.05, 0.1) is 40.3 Å². The lowest BCUT2D eigenvalue weighted by Crippen LogP contribution is -2.55. The first-order valence-corrected chi connectivity index (χ1v) is 25.7. The molecular weight excluding hydrogens is 775 g/mol. The number of likely N-dealkylation sites (N-methyl/N-ethyl adjacent to an activating group) is 1. The third-order valence-corrected chi connectivity index (χ3v) is 11.5. The zero-order valence-electron chi connectivity index (χ0n) is 41.0. The number of hydrogen-bond acceptors (Lipinski definition) is 7. The van der Waals surface area contributed by atoms with Gasteiger partial charge in [0.25, 0.3) is 0 Å². The van der Waals surface area contributed by atoms with Crippen LogP contribution in [0.2, 0.25) is 0 Å². The molecule has 0 radical (unpaired) electrons. The van der Waals surface area contributed by atoms with Crippen molar-refractivity contribution in [2.24, 2.45) is 0 Å². The van der Waals surface area contributed by atoms with Gasteiger partial charge in [0.2, 0.25) is 0 Å². The number of quaternary nitrogens is 1. The van der Waals surface area contributed by atoms with Gasteiger partial charge in [-0.1, -0.05) is 191 Å². The van der Waals surface area contributed by atoms with Gasteiger partial charge in [-0.2, -0.15) is 0 Å². The predicted molar refractivity (Wildman–Crippen MR) is 259 cm³/mol. The fourth-order valence-electron chi connectivity index (χ4n) is 7.48. The molecule has 0 bridgehead atoms. The molecule has 62 heavy (non-hydrogen) atoms. The second-order valence-electron chi connectivity index (χ2n) is 18.5. The molecule has 0 aromatic rings. The van der Waals surface area contributed by atoms with Gasteiger partial charge in [-0.25, -0.2) is 0 Å². The molecule has 0 aliphatic carbocycles. The highest BCUT2D eigenvalue weighted by Crippen LogP contribution is 2.15. The Morgan fingerprint density at radius 1 is 0.484 bits per heavy atom. The number of carboxylic acid groups (broad SMARTS) is 1. The Bertz CT molecular complexity index is 1150. The van der Waals surface area contributed by atoms with Crippen LogP contribution in [0.5, 0.6) is 0 Å². The molecule has 0 rings (SSSR count). The highest BCUT2D eigenvalue weighted by atomic mass is 16.6. The molecule has 2 atom stereocenters. The van der Waals surface area contributed by atoms with Crippen LogP contribution >= 0.6 is 0 Å². The van der Waals surface area contributed by atoms with E-state index in [1.54, 1.807) is 21.1 Å². The Labute approximate surface area is 382 Å². The van der Waals surface area contributed by atoms with E-state index in [1.165, 1.54) is 128 Å². The first-order valence-electron chi connectivity index (χ1n) is 25.7. The van der Waals surface area contributed by atoms with Crippen LogP contribution < -0.4 is 5.11 Å². The standard InChI is InChI=1S/C54H97NO7/c1-6-8-10-12-14-16-18-20-22-24-26-27-29-30-32-34-36-38-40-42-44-52(56)61-49-50(48-60-47-46-51(54(58)59)55(3,4)5)62-53(57)45-43-41-39-37-35-33-31-28-25-23-21-19-17-15-13-11-9-7-2/h19,21,23,25-28,31,50-51H,6-18,20,22,24,29-30,32-49H2,1-5H3/b21-19+,25-23+,27-26+,31-28+. The van der Waals surface area contributed by atoms with Crippen molar-refractivity contribution in [1.29, 1.82) is 0 Å². The van der Waals surface area contributed by atoms with Crippen molar-refractivity contribution in [2.75, 3.05) is 41.0 Å². The van der Waals surface area contributed by atoms with Crippen LogP contribution in [0.25, 0.3) is 0 Å². The summed E-state index contributed by atoms with van der Waals surface area (Å²) >= 11 is 0. The van der Waals surface area contributed by atoms with E-state index in [2.05, 4.69) is 62.5 Å². The van der Waals surface area contributed by atoms with Crippen LogP contribution in [0, 0.1) is 0 Å². The van der Waals surface area contributed by atoms with E-state index in [4.69, 9.17) is 14.2 Å². The van der Waals surface area contributed by atoms with E-state index < -0.39 is 18.1 Å². The van der Waals surface area contributed by atoms with Crippen molar-refractivity contribution in [3.63, 3.8) is 0 Å². The average Bonchev–Trinajstić information content (AvgIpc) is 3.23. The van der Waals surface area contributed by atoms with Gasteiger partial charge in [0, 0.05) is 19.3 Å². The first-order chi connectivity index (χ1) is 30.1. The normalized spacial score (nSPS) is 13.2. The third-order valence-electron chi connectivity index (χ3n) is 11.5. The maximum Gasteiger partial charge on any atom is 0.306 e. The van der Waals surface area contributed by atoms with Crippen molar-refractivity contribution >= 4 is 17.9 Å². The van der Waals surface area contributed by atoms with E-state index >= 15 is 0 Å². The van der Waals surface area contributed by atoms with E-state index in [1.807, 2.05) is 0 Å². The number of aliphatic carboxylic acids is 1. The van der Waals surface area contributed by atoms with Crippen LogP contribution in [0.3, 0.4) is 0 Å². The van der Waals surface area contributed by atoms with Gasteiger partial charge in [-0.3, -0.25) is 9.59 Å². The summed E-state index contributed by atoms with van der Waals surface area (Å²) in [5.74, 6) is -1.76. The SMILES string of the molecule is CCCCCCC/C=C/C=C/C=C/CCCCCCCC(=O)OC(COCCC(C(=O)[O-])[N+](C)(C)C)COC(=O)CCCCCCCCC/C=C/CCCCCCCCCCC. The highest BCUT2D eigenvalue weighted by molar-refractivity contribution is 5.70. The van der Waals surface area contributed by atoms with Crippen LogP contribution in [0.1, 0.15) is 226 Å². The highest BCUT2D eigenvalue weighted by Gasteiger charge is 2.25. The average molecular weight is 872 g/mol. The largest absolute Gasteiger partial charge is 0.544 e. The monoisotopic (exact) mass is 872 g/mol. The van der Waals surface area contributed by atoms with E-state index in [-0.39, 0.29) is 42.7 Å². The van der Waals surface area contributed by atoms with E-state index in [9.17, 15) is 19.5 Å². The number of esters is 2. The first kappa shape index (κ1) is 59.3. The van der Waals surface area contributed by atoms with Gasteiger partial charge < -0.3 is 28.6 Å². The molecular formula is C54H97NO7. The lowest BCUT2D eigenvalue weighted by atomic mass is 10.1. The molecule has 0 spiro atoms. The van der Waals surface area contributed by atoms with Gasteiger partial charge >= 0.3 is 11.9 Å². The second-order valence-corrected chi connectivity index (χ2v) is 18.5. The molecule has 0 aromatic carbocycles. The van der Waals surface area contributed by atoms with Crippen molar-refractivity contribution < 1.29 is 38.2 Å². The Kier molecular flexibility index (Phi) is 42.9. The minimum Gasteiger partial charge on any atom is -0.544 e. The Morgan fingerprint density at radius 3 is 1.29 bits per heavy atom. The molecule has 0 N–H and O–H groups in total. The van der Waals surface area contributed by atoms with Crippen molar-refractivity contribution in [1.82, 2.24) is 0 Å². The van der Waals surface area contributed by atoms with Gasteiger partial charge in [0.1, 0.15) is 12.6 Å². The third kappa shape index (κ3) is 42.6. The number of rotatable bonds is 46. The molecule has 0 aliphatic heterocycles. The molecule has 0 heterocycles. The van der Waals surface area contributed by atoms with Gasteiger partial charge in [-0.15, -0.1) is 0 Å². The van der Waals surface area contributed by atoms with Crippen LogP contribution in [-0.2, 0) is 28.6 Å². The molecule has 0 fully saturated rings. The lowest BCUT2D eigenvalue weighted by molar-refractivity contribution is -0.889. The maximum atomic E-state index is 12.8. The number of nitrogens with zero attached hydrogens (tertiary/aromatic N) is 1. The number of carboxylic acids is 1. The summed E-state index contributed by atoms with van der Waals surface area (Å²) in [6.07, 6.45) is 54.2. The van der Waals surface area contributed by atoms with E-state index in [0.29, 0.717) is 12.8 Å². The number of allylic oxidation sites excluding steroid dienone is 8. The summed E-state index contributed by atoms with van der Waals surface area (Å²) in [6.45, 7) is 4.64. The molecule has 0 amide bonds. The summed E-state index contributed by atoms with van der Waals surface area (Å²) in [6, 6.07) is -0.732. The molecule has 0 aliphatic rings. The molecule has 0 aromatic heterocycles. The fraction of sp³-hybridized carbons (Fsp3) is 0.796. The molecule has 2 unspecified atom stereocenters. The predicted octanol–water partition coefficient (Wildman–Crippen LogP) is 13.4. The summed E-state index contributed by atoms with van der Waals surface area (Å²) < 4.78 is 17.2. The summed E-state index contributed by atoms with van der Waals surface area (Å²) in [5.41, 5.74) is 0. The molecule has 8 heteroatoms. The minimum absolute atomic E-state index is 0.0309. The Balaban J connectivity index is 4.29. The van der Waals surface area contributed by atoms with Crippen molar-refractivity contribution in [3.8, 4) is 0 Å². The molecule has 0 saturated heterocycles.